The fourth-order valence-electron chi connectivity index (χ4n) is 2.99. The van der Waals surface area contributed by atoms with E-state index in [1.807, 2.05) is 37.2 Å². The number of anilines is 1. The average molecular weight is 408 g/mol. The molecule has 0 bridgehead atoms. The summed E-state index contributed by atoms with van der Waals surface area (Å²) in [5.41, 5.74) is 1.56. The Bertz CT molecular complexity index is 921. The van der Waals surface area contributed by atoms with Crippen LogP contribution in [0, 0.1) is 0 Å². The molecule has 0 unspecified atom stereocenters. The highest BCUT2D eigenvalue weighted by atomic mass is 35.5. The predicted molar refractivity (Wildman–Crippen MR) is 107 cm³/mol. The molecule has 1 amide bonds. The molecule has 27 heavy (non-hydrogen) atoms. The first-order chi connectivity index (χ1) is 12.8. The van der Waals surface area contributed by atoms with Crippen LogP contribution in [0.25, 0.3) is 0 Å². The maximum Gasteiger partial charge on any atom is 0.254 e. The van der Waals surface area contributed by atoms with E-state index in [-0.39, 0.29) is 23.9 Å². The van der Waals surface area contributed by atoms with Crippen molar-refractivity contribution < 1.29 is 13.2 Å². The molecule has 2 aromatic rings. The molecular weight excluding hydrogens is 386 g/mol. The first-order valence-corrected chi connectivity index (χ1v) is 10.4. The van der Waals surface area contributed by atoms with Gasteiger partial charge in [0.05, 0.1) is 4.90 Å². The molecule has 0 radical (unpaired) electrons. The van der Waals surface area contributed by atoms with Gasteiger partial charge in [-0.05, 0) is 42.5 Å². The lowest BCUT2D eigenvalue weighted by Gasteiger charge is -2.34. The van der Waals surface area contributed by atoms with Gasteiger partial charge in [0.1, 0.15) is 0 Å². The first kappa shape index (κ1) is 19.7. The van der Waals surface area contributed by atoms with Crippen LogP contribution in [-0.2, 0) is 10.0 Å². The summed E-state index contributed by atoms with van der Waals surface area (Å²) >= 11 is 5.83. The molecule has 1 aliphatic rings. The van der Waals surface area contributed by atoms with Gasteiger partial charge >= 0.3 is 0 Å². The van der Waals surface area contributed by atoms with Gasteiger partial charge in [0.2, 0.25) is 10.0 Å². The van der Waals surface area contributed by atoms with Crippen molar-refractivity contribution in [3.63, 3.8) is 0 Å². The van der Waals surface area contributed by atoms with Crippen LogP contribution >= 0.6 is 11.6 Å². The summed E-state index contributed by atoms with van der Waals surface area (Å²) in [4.78, 5) is 16.6. The molecule has 0 spiro atoms. The Morgan fingerprint density at radius 3 is 2.22 bits per heavy atom. The van der Waals surface area contributed by atoms with E-state index in [2.05, 4.69) is 0 Å². The summed E-state index contributed by atoms with van der Waals surface area (Å²) < 4.78 is 26.9. The van der Waals surface area contributed by atoms with Gasteiger partial charge in [-0.2, -0.15) is 4.31 Å². The Morgan fingerprint density at radius 2 is 1.63 bits per heavy atom. The minimum atomic E-state index is -3.58. The fraction of sp³-hybridized carbons (Fsp3) is 0.316. The number of halogens is 1. The van der Waals surface area contributed by atoms with Gasteiger partial charge in [-0.15, -0.1) is 0 Å². The summed E-state index contributed by atoms with van der Waals surface area (Å²) in [5.74, 6) is -0.0813. The third kappa shape index (κ3) is 4.26. The van der Waals surface area contributed by atoms with E-state index in [0.29, 0.717) is 23.7 Å². The molecule has 1 saturated heterocycles. The molecule has 0 atom stereocenters. The topological polar surface area (TPSA) is 60.9 Å². The number of amides is 1. The normalized spacial score (nSPS) is 15.6. The van der Waals surface area contributed by atoms with Crippen LogP contribution < -0.4 is 4.90 Å². The highest BCUT2D eigenvalue weighted by molar-refractivity contribution is 7.89. The van der Waals surface area contributed by atoms with Crippen LogP contribution in [0.1, 0.15) is 10.4 Å². The lowest BCUT2D eigenvalue weighted by atomic mass is 10.1. The summed E-state index contributed by atoms with van der Waals surface area (Å²) in [6, 6.07) is 13.5. The zero-order chi connectivity index (χ0) is 19.6. The molecule has 8 heteroatoms. The molecule has 0 aromatic heterocycles. The molecule has 3 rings (SSSR count). The van der Waals surface area contributed by atoms with E-state index in [1.54, 1.807) is 23.1 Å². The Labute approximate surface area is 165 Å². The maximum atomic E-state index is 12.8. The van der Waals surface area contributed by atoms with Crippen molar-refractivity contribution in [1.82, 2.24) is 9.21 Å². The quantitative estimate of drug-likeness (QED) is 0.781. The number of carbonyl (C=O) groups excluding carboxylic acids is 1. The van der Waals surface area contributed by atoms with Gasteiger partial charge in [0.25, 0.3) is 5.91 Å². The number of carbonyl (C=O) groups is 1. The number of sulfonamides is 1. The number of piperazine rings is 1. The number of rotatable bonds is 4. The number of nitrogens with zero attached hydrogens (tertiary/aromatic N) is 3. The smallest absolute Gasteiger partial charge is 0.254 e. The van der Waals surface area contributed by atoms with Crippen molar-refractivity contribution in [1.29, 1.82) is 0 Å². The van der Waals surface area contributed by atoms with Gasteiger partial charge in [0.15, 0.2) is 0 Å². The third-order valence-corrected chi connectivity index (χ3v) is 6.75. The lowest BCUT2D eigenvalue weighted by Crippen LogP contribution is -2.50. The second-order valence-electron chi connectivity index (χ2n) is 6.59. The van der Waals surface area contributed by atoms with Crippen molar-refractivity contribution in [2.75, 3.05) is 45.2 Å². The Morgan fingerprint density at radius 1 is 1.00 bits per heavy atom. The molecule has 1 aliphatic heterocycles. The molecule has 2 aromatic carbocycles. The minimum Gasteiger partial charge on any atom is -0.378 e. The van der Waals surface area contributed by atoms with Crippen LogP contribution in [0.3, 0.4) is 0 Å². The van der Waals surface area contributed by atoms with Crippen molar-refractivity contribution in [2.45, 2.75) is 4.90 Å². The van der Waals surface area contributed by atoms with Crippen molar-refractivity contribution in [2.24, 2.45) is 0 Å². The van der Waals surface area contributed by atoms with E-state index in [4.69, 9.17) is 11.6 Å². The molecule has 1 fully saturated rings. The second kappa shape index (κ2) is 7.88. The van der Waals surface area contributed by atoms with Crippen LogP contribution in [0.4, 0.5) is 5.69 Å². The highest BCUT2D eigenvalue weighted by Crippen LogP contribution is 2.21. The van der Waals surface area contributed by atoms with Gasteiger partial charge in [-0.1, -0.05) is 17.7 Å². The first-order valence-electron chi connectivity index (χ1n) is 8.61. The standard InChI is InChI=1S/C19H22ClN3O3S/c1-21(2)17-5-3-4-15(14-17)19(24)22-10-12-23(13-11-22)27(25,26)18-8-6-16(20)7-9-18/h3-9,14H,10-13H2,1-2H3. The number of benzene rings is 2. The van der Waals surface area contributed by atoms with Crippen molar-refractivity contribution >= 4 is 33.2 Å². The Kier molecular flexibility index (Phi) is 5.74. The largest absolute Gasteiger partial charge is 0.378 e. The molecule has 1 heterocycles. The zero-order valence-corrected chi connectivity index (χ0v) is 16.9. The predicted octanol–water partition coefficient (Wildman–Crippen LogP) is 2.55. The van der Waals surface area contributed by atoms with Gasteiger partial charge in [0, 0.05) is 56.5 Å². The van der Waals surface area contributed by atoms with E-state index < -0.39 is 10.0 Å². The summed E-state index contributed by atoms with van der Waals surface area (Å²) in [5, 5.41) is 0.490. The van der Waals surface area contributed by atoms with Crippen molar-refractivity contribution in [3.05, 3.63) is 59.1 Å². The number of hydrogen-bond acceptors (Lipinski definition) is 4. The van der Waals surface area contributed by atoms with Gasteiger partial charge in [-0.3, -0.25) is 4.79 Å². The van der Waals surface area contributed by atoms with Gasteiger partial charge in [-0.25, -0.2) is 8.42 Å². The summed E-state index contributed by atoms with van der Waals surface area (Å²) in [7, 11) is 0.261. The van der Waals surface area contributed by atoms with E-state index >= 15 is 0 Å². The third-order valence-electron chi connectivity index (χ3n) is 4.59. The zero-order valence-electron chi connectivity index (χ0n) is 15.3. The molecule has 144 valence electrons. The summed E-state index contributed by atoms with van der Waals surface area (Å²) in [6.45, 7) is 1.25. The highest BCUT2D eigenvalue weighted by Gasteiger charge is 2.30. The molecule has 6 nitrogen and oxygen atoms in total. The second-order valence-corrected chi connectivity index (χ2v) is 8.97. The Hall–Kier alpha value is -2.09. The SMILES string of the molecule is CN(C)c1cccc(C(=O)N2CCN(S(=O)(=O)c3ccc(Cl)cc3)CC2)c1. The van der Waals surface area contributed by atoms with E-state index in [1.165, 1.54) is 16.4 Å². The van der Waals surface area contributed by atoms with Crippen LogP contribution in [0.15, 0.2) is 53.4 Å². The average Bonchev–Trinajstić information content (AvgIpc) is 2.68. The van der Waals surface area contributed by atoms with Gasteiger partial charge < -0.3 is 9.80 Å². The molecule has 0 aliphatic carbocycles. The van der Waals surface area contributed by atoms with E-state index in [9.17, 15) is 13.2 Å². The molecule has 0 saturated carbocycles. The maximum absolute atomic E-state index is 12.8. The van der Waals surface area contributed by atoms with Crippen LogP contribution in [0.5, 0.6) is 0 Å². The van der Waals surface area contributed by atoms with E-state index in [0.717, 1.165) is 5.69 Å². The minimum absolute atomic E-state index is 0.0813. The lowest BCUT2D eigenvalue weighted by molar-refractivity contribution is 0.0698. The monoisotopic (exact) mass is 407 g/mol. The molecular formula is C19H22ClN3O3S. The Balaban J connectivity index is 1.69. The van der Waals surface area contributed by atoms with Crippen LogP contribution in [-0.4, -0.2) is 63.8 Å². The van der Waals surface area contributed by atoms with Crippen LogP contribution in [0.2, 0.25) is 5.02 Å². The molecule has 0 N–H and O–H groups in total. The fourth-order valence-corrected chi connectivity index (χ4v) is 4.54. The summed E-state index contributed by atoms with van der Waals surface area (Å²) in [6.07, 6.45) is 0. The number of hydrogen-bond donors (Lipinski definition) is 0. The van der Waals surface area contributed by atoms with Crippen molar-refractivity contribution in [3.8, 4) is 0 Å².